The van der Waals surface area contributed by atoms with Gasteiger partial charge in [-0.2, -0.15) is 0 Å². The Morgan fingerprint density at radius 1 is 1.00 bits per heavy atom. The van der Waals surface area contributed by atoms with Crippen LogP contribution >= 0.6 is 0 Å². The van der Waals surface area contributed by atoms with E-state index in [1.54, 1.807) is 12.1 Å². The van der Waals surface area contributed by atoms with Gasteiger partial charge in [0, 0.05) is 17.3 Å². The predicted molar refractivity (Wildman–Crippen MR) is 96.9 cm³/mol. The fourth-order valence-electron chi connectivity index (χ4n) is 2.09. The van der Waals surface area contributed by atoms with Crippen LogP contribution in [0.3, 0.4) is 0 Å². The number of ether oxygens (including phenoxy) is 2. The minimum atomic E-state index is -0.160. The van der Waals surface area contributed by atoms with Crippen molar-refractivity contribution in [3.8, 4) is 11.5 Å². The highest BCUT2D eigenvalue weighted by atomic mass is 16.5. The van der Waals surface area contributed by atoms with E-state index in [2.05, 4.69) is 19.2 Å². The molecule has 1 N–H and O–H groups in total. The molecule has 0 aliphatic heterocycles. The van der Waals surface area contributed by atoms with Crippen molar-refractivity contribution >= 4 is 11.6 Å². The lowest BCUT2D eigenvalue weighted by molar-refractivity contribution is 0.102. The van der Waals surface area contributed by atoms with E-state index >= 15 is 0 Å². The van der Waals surface area contributed by atoms with Crippen LogP contribution in [0.4, 0.5) is 5.69 Å². The number of carbonyl (C=O) groups excluding carboxylic acids is 1. The number of hydrogen-bond donors (Lipinski definition) is 1. The zero-order valence-corrected chi connectivity index (χ0v) is 14.7. The Bertz CT molecular complexity index is 663. The number of rotatable bonds is 7. The molecule has 0 aromatic heterocycles. The lowest BCUT2D eigenvalue weighted by atomic mass is 10.2. The molecular formula is C20H25NO3. The van der Waals surface area contributed by atoms with Gasteiger partial charge < -0.3 is 14.8 Å². The second-order valence-corrected chi connectivity index (χ2v) is 6.38. The first-order valence-corrected chi connectivity index (χ1v) is 8.25. The van der Waals surface area contributed by atoms with Gasteiger partial charge in [0.2, 0.25) is 0 Å². The first-order valence-electron chi connectivity index (χ1n) is 8.25. The van der Waals surface area contributed by atoms with Crippen molar-refractivity contribution in [1.29, 1.82) is 0 Å². The van der Waals surface area contributed by atoms with E-state index in [1.807, 2.05) is 50.2 Å². The minimum Gasteiger partial charge on any atom is -0.493 e. The predicted octanol–water partition coefficient (Wildman–Crippen LogP) is 4.76. The zero-order chi connectivity index (χ0) is 17.5. The third-order valence-electron chi connectivity index (χ3n) is 3.16. The molecule has 2 aromatic rings. The molecule has 24 heavy (non-hydrogen) atoms. The van der Waals surface area contributed by atoms with Gasteiger partial charge in [-0.25, -0.2) is 0 Å². The van der Waals surface area contributed by atoms with Crippen LogP contribution in [-0.4, -0.2) is 18.6 Å². The van der Waals surface area contributed by atoms with Crippen LogP contribution in [0, 0.1) is 5.92 Å². The van der Waals surface area contributed by atoms with E-state index < -0.39 is 0 Å². The van der Waals surface area contributed by atoms with Gasteiger partial charge in [0.05, 0.1) is 12.7 Å². The number of nitrogens with one attached hydrogen (secondary N) is 1. The molecule has 0 radical (unpaired) electrons. The highest BCUT2D eigenvalue weighted by molar-refractivity contribution is 6.04. The van der Waals surface area contributed by atoms with Gasteiger partial charge in [0.1, 0.15) is 11.5 Å². The first-order chi connectivity index (χ1) is 11.4. The lowest BCUT2D eigenvalue weighted by Crippen LogP contribution is -2.12. The molecule has 0 fully saturated rings. The monoisotopic (exact) mass is 327 g/mol. The maximum absolute atomic E-state index is 12.3. The quantitative estimate of drug-likeness (QED) is 0.797. The maximum atomic E-state index is 12.3. The summed E-state index contributed by atoms with van der Waals surface area (Å²) in [5.74, 6) is 1.81. The van der Waals surface area contributed by atoms with Crippen molar-refractivity contribution < 1.29 is 14.3 Å². The third-order valence-corrected chi connectivity index (χ3v) is 3.16. The first kappa shape index (κ1) is 17.9. The molecule has 4 nitrogen and oxygen atoms in total. The summed E-state index contributed by atoms with van der Waals surface area (Å²) < 4.78 is 11.3. The minimum absolute atomic E-state index is 0.0920. The fraction of sp³-hybridized carbons (Fsp3) is 0.350. The molecule has 128 valence electrons. The number of hydrogen-bond acceptors (Lipinski definition) is 3. The van der Waals surface area contributed by atoms with Crippen LogP contribution in [0.1, 0.15) is 38.1 Å². The summed E-state index contributed by atoms with van der Waals surface area (Å²) in [5.41, 5.74) is 1.29. The molecule has 0 unspecified atom stereocenters. The zero-order valence-electron chi connectivity index (χ0n) is 14.7. The van der Waals surface area contributed by atoms with Crippen LogP contribution < -0.4 is 14.8 Å². The van der Waals surface area contributed by atoms with Crippen molar-refractivity contribution in [2.45, 2.75) is 33.8 Å². The normalized spacial score (nSPS) is 10.8. The molecule has 1 amide bonds. The number of amides is 1. The highest BCUT2D eigenvalue weighted by Crippen LogP contribution is 2.20. The van der Waals surface area contributed by atoms with Crippen LogP contribution in [0.25, 0.3) is 0 Å². The standard InChI is InChI=1S/C20H25NO3/c1-14(2)13-23-18-10-8-16(9-11-18)20(22)21-17-6-5-7-19(12-17)24-15(3)4/h5-12,14-15H,13H2,1-4H3,(H,21,22). The fourth-order valence-corrected chi connectivity index (χ4v) is 2.09. The van der Waals surface area contributed by atoms with E-state index in [1.165, 1.54) is 0 Å². The number of benzene rings is 2. The van der Waals surface area contributed by atoms with Gasteiger partial charge in [-0.1, -0.05) is 19.9 Å². The summed E-state index contributed by atoms with van der Waals surface area (Å²) in [6, 6.07) is 14.5. The Morgan fingerprint density at radius 3 is 2.33 bits per heavy atom. The van der Waals surface area contributed by atoms with Gasteiger partial charge in [-0.15, -0.1) is 0 Å². The molecule has 0 spiro atoms. The van der Waals surface area contributed by atoms with Crippen molar-refractivity contribution in [2.24, 2.45) is 5.92 Å². The van der Waals surface area contributed by atoms with Crippen LogP contribution in [0.2, 0.25) is 0 Å². The third kappa shape index (κ3) is 5.61. The van der Waals surface area contributed by atoms with E-state index in [4.69, 9.17) is 9.47 Å². The second kappa shape index (κ2) is 8.39. The summed E-state index contributed by atoms with van der Waals surface area (Å²) in [5, 5.41) is 2.88. The molecule has 0 saturated carbocycles. The van der Waals surface area contributed by atoms with Crippen LogP contribution in [-0.2, 0) is 0 Å². The van der Waals surface area contributed by atoms with E-state index in [-0.39, 0.29) is 12.0 Å². The van der Waals surface area contributed by atoms with E-state index in [9.17, 15) is 4.79 Å². The van der Waals surface area contributed by atoms with E-state index in [0.29, 0.717) is 23.8 Å². The van der Waals surface area contributed by atoms with Crippen LogP contribution in [0.15, 0.2) is 48.5 Å². The smallest absolute Gasteiger partial charge is 0.255 e. The molecular weight excluding hydrogens is 302 g/mol. The van der Waals surface area contributed by atoms with Gasteiger partial charge in [0.25, 0.3) is 5.91 Å². The lowest BCUT2D eigenvalue weighted by Gasteiger charge is -2.12. The Hall–Kier alpha value is -2.49. The number of carbonyl (C=O) groups is 1. The maximum Gasteiger partial charge on any atom is 0.255 e. The average molecular weight is 327 g/mol. The molecule has 2 rings (SSSR count). The molecule has 0 bridgehead atoms. The molecule has 0 saturated heterocycles. The topological polar surface area (TPSA) is 47.6 Å². The Balaban J connectivity index is 1.99. The largest absolute Gasteiger partial charge is 0.493 e. The van der Waals surface area contributed by atoms with Crippen molar-refractivity contribution in [3.63, 3.8) is 0 Å². The summed E-state index contributed by atoms with van der Waals surface area (Å²) in [6.07, 6.45) is 0.0920. The summed E-state index contributed by atoms with van der Waals surface area (Å²) >= 11 is 0. The van der Waals surface area contributed by atoms with Crippen LogP contribution in [0.5, 0.6) is 11.5 Å². The summed E-state index contributed by atoms with van der Waals surface area (Å²) in [4.78, 5) is 12.3. The molecule has 0 aliphatic carbocycles. The molecule has 4 heteroatoms. The van der Waals surface area contributed by atoms with Crippen molar-refractivity contribution in [1.82, 2.24) is 0 Å². The highest BCUT2D eigenvalue weighted by Gasteiger charge is 2.08. The van der Waals surface area contributed by atoms with Crippen molar-refractivity contribution in [2.75, 3.05) is 11.9 Å². The summed E-state index contributed by atoms with van der Waals surface area (Å²) in [6.45, 7) is 8.79. The summed E-state index contributed by atoms with van der Waals surface area (Å²) in [7, 11) is 0. The van der Waals surface area contributed by atoms with E-state index in [0.717, 1.165) is 11.5 Å². The Morgan fingerprint density at radius 2 is 1.71 bits per heavy atom. The van der Waals surface area contributed by atoms with Gasteiger partial charge in [0.15, 0.2) is 0 Å². The average Bonchev–Trinajstić information content (AvgIpc) is 2.53. The molecule has 0 heterocycles. The van der Waals surface area contributed by atoms with Gasteiger partial charge >= 0.3 is 0 Å². The molecule has 0 aliphatic rings. The van der Waals surface area contributed by atoms with Crippen molar-refractivity contribution in [3.05, 3.63) is 54.1 Å². The molecule has 2 aromatic carbocycles. The SMILES string of the molecule is CC(C)COc1ccc(C(=O)Nc2cccc(OC(C)C)c2)cc1. The Kier molecular flexibility index (Phi) is 6.24. The van der Waals surface area contributed by atoms with Gasteiger partial charge in [-0.05, 0) is 56.2 Å². The Labute approximate surface area is 143 Å². The number of anilines is 1. The molecule has 0 atom stereocenters. The van der Waals surface area contributed by atoms with Gasteiger partial charge in [-0.3, -0.25) is 4.79 Å². The second-order valence-electron chi connectivity index (χ2n) is 6.38.